The van der Waals surface area contributed by atoms with Gasteiger partial charge in [0.05, 0.1) is 0 Å². The molecule has 1 aromatic heterocycles. The highest BCUT2D eigenvalue weighted by molar-refractivity contribution is 9.10. The maximum atomic E-state index is 4.67. The second kappa shape index (κ2) is 3.41. The lowest BCUT2D eigenvalue weighted by molar-refractivity contribution is 0.803. The maximum absolute atomic E-state index is 4.67. The fraction of sp³-hybridized carbons (Fsp3) is 0.545. The summed E-state index contributed by atoms with van der Waals surface area (Å²) in [6.07, 6.45) is 2.64. The van der Waals surface area contributed by atoms with Crippen LogP contribution in [0.2, 0.25) is 0 Å². The van der Waals surface area contributed by atoms with Crippen molar-refractivity contribution < 1.29 is 0 Å². The third kappa shape index (κ3) is 2.11. The van der Waals surface area contributed by atoms with Crippen LogP contribution in [0.3, 0.4) is 0 Å². The lowest BCUT2D eigenvalue weighted by atomic mass is 10.1. The molecule has 2 rings (SSSR count). The van der Waals surface area contributed by atoms with E-state index >= 15 is 0 Å². The fourth-order valence-electron chi connectivity index (χ4n) is 1.42. The number of halogens is 1. The maximum Gasteiger partial charge on any atom is 0.0449 e. The van der Waals surface area contributed by atoms with E-state index in [-0.39, 0.29) is 0 Å². The van der Waals surface area contributed by atoms with Crippen molar-refractivity contribution in [3.8, 4) is 0 Å². The first-order valence-corrected chi connectivity index (χ1v) is 5.63. The Hall–Kier alpha value is -0.370. The normalized spacial score (nSPS) is 16.6. The lowest BCUT2D eigenvalue weighted by Crippen LogP contribution is -1.96. The molecule has 1 fully saturated rings. The van der Waals surface area contributed by atoms with Crippen LogP contribution in [0.5, 0.6) is 0 Å². The average molecular weight is 240 g/mol. The Labute approximate surface area is 87.7 Å². The van der Waals surface area contributed by atoms with Crippen molar-refractivity contribution in [1.82, 2.24) is 4.98 Å². The van der Waals surface area contributed by atoms with Crippen LogP contribution < -0.4 is 0 Å². The summed E-state index contributed by atoms with van der Waals surface area (Å²) in [5.74, 6) is 1.27. The van der Waals surface area contributed by atoms with Gasteiger partial charge in [-0.15, -0.1) is 0 Å². The van der Waals surface area contributed by atoms with E-state index in [2.05, 4.69) is 46.9 Å². The predicted molar refractivity (Wildman–Crippen MR) is 58.0 cm³/mol. The monoisotopic (exact) mass is 239 g/mol. The van der Waals surface area contributed by atoms with Crippen LogP contribution in [-0.4, -0.2) is 4.98 Å². The fourth-order valence-corrected chi connectivity index (χ4v) is 1.89. The summed E-state index contributed by atoms with van der Waals surface area (Å²) in [5, 5.41) is 0. The van der Waals surface area contributed by atoms with Gasteiger partial charge in [-0.3, -0.25) is 4.98 Å². The zero-order chi connectivity index (χ0) is 9.42. The number of nitrogens with zero attached hydrogens (tertiary/aromatic N) is 1. The highest BCUT2D eigenvalue weighted by Gasteiger charge is 2.25. The molecule has 0 spiro atoms. The number of hydrogen-bond acceptors (Lipinski definition) is 1. The third-order valence-corrected chi connectivity index (χ3v) is 2.87. The highest BCUT2D eigenvalue weighted by Crippen LogP contribution is 2.40. The quantitative estimate of drug-likeness (QED) is 0.765. The Morgan fingerprint density at radius 1 is 1.38 bits per heavy atom. The third-order valence-electron chi connectivity index (χ3n) is 2.42. The molecule has 0 aliphatic heterocycles. The van der Waals surface area contributed by atoms with Gasteiger partial charge in [0, 0.05) is 21.8 Å². The molecule has 0 atom stereocenters. The zero-order valence-corrected chi connectivity index (χ0v) is 9.63. The van der Waals surface area contributed by atoms with E-state index in [1.807, 2.05) is 0 Å². The highest BCUT2D eigenvalue weighted by atomic mass is 79.9. The molecule has 0 aromatic carbocycles. The topological polar surface area (TPSA) is 12.9 Å². The molecule has 0 N–H and O–H groups in total. The van der Waals surface area contributed by atoms with Gasteiger partial charge in [-0.25, -0.2) is 0 Å². The van der Waals surface area contributed by atoms with E-state index in [1.165, 1.54) is 28.7 Å². The van der Waals surface area contributed by atoms with Crippen molar-refractivity contribution in [2.75, 3.05) is 0 Å². The minimum absolute atomic E-state index is 0.523. The average Bonchev–Trinajstić information content (AvgIpc) is 2.85. The zero-order valence-electron chi connectivity index (χ0n) is 8.05. The van der Waals surface area contributed by atoms with E-state index in [1.54, 1.807) is 0 Å². The minimum atomic E-state index is 0.523. The van der Waals surface area contributed by atoms with Crippen molar-refractivity contribution in [1.29, 1.82) is 0 Å². The van der Waals surface area contributed by atoms with E-state index in [9.17, 15) is 0 Å². The summed E-state index contributed by atoms with van der Waals surface area (Å²) in [4.78, 5) is 4.67. The SMILES string of the molecule is CC(C)c1cc(Br)cc(C2CC2)n1. The second-order valence-electron chi connectivity index (χ2n) is 4.06. The molecule has 1 saturated carbocycles. The molecule has 13 heavy (non-hydrogen) atoms. The summed E-state index contributed by atoms with van der Waals surface area (Å²) >= 11 is 3.54. The number of hydrogen-bond donors (Lipinski definition) is 0. The summed E-state index contributed by atoms with van der Waals surface area (Å²) in [7, 11) is 0. The van der Waals surface area contributed by atoms with Gasteiger partial charge in [0.15, 0.2) is 0 Å². The largest absolute Gasteiger partial charge is 0.257 e. The summed E-state index contributed by atoms with van der Waals surface area (Å²) in [5.41, 5.74) is 2.48. The van der Waals surface area contributed by atoms with Crippen molar-refractivity contribution in [2.24, 2.45) is 0 Å². The van der Waals surface area contributed by atoms with Crippen LogP contribution in [0.15, 0.2) is 16.6 Å². The molecule has 0 radical (unpaired) electrons. The van der Waals surface area contributed by atoms with Crippen molar-refractivity contribution >= 4 is 15.9 Å². The first-order chi connectivity index (χ1) is 6.16. The van der Waals surface area contributed by atoms with Gasteiger partial charge in [0.1, 0.15) is 0 Å². The molecule has 2 heteroatoms. The number of aromatic nitrogens is 1. The van der Waals surface area contributed by atoms with Gasteiger partial charge in [-0.2, -0.15) is 0 Å². The van der Waals surface area contributed by atoms with Crippen LogP contribution >= 0.6 is 15.9 Å². The molecule has 1 heterocycles. The van der Waals surface area contributed by atoms with Crippen LogP contribution in [0.25, 0.3) is 0 Å². The molecule has 1 aromatic rings. The molecule has 0 amide bonds. The van der Waals surface area contributed by atoms with Crippen LogP contribution in [0.4, 0.5) is 0 Å². The number of pyridine rings is 1. The molecule has 1 aliphatic rings. The molecule has 70 valence electrons. The van der Waals surface area contributed by atoms with Gasteiger partial charge in [0.2, 0.25) is 0 Å². The van der Waals surface area contributed by atoms with Gasteiger partial charge in [-0.05, 0) is 30.9 Å². The van der Waals surface area contributed by atoms with Crippen LogP contribution in [0.1, 0.15) is 49.9 Å². The Bertz CT molecular complexity index is 296. The molecule has 0 unspecified atom stereocenters. The Morgan fingerprint density at radius 2 is 2.08 bits per heavy atom. The smallest absolute Gasteiger partial charge is 0.0449 e. The second-order valence-corrected chi connectivity index (χ2v) is 4.98. The standard InChI is InChI=1S/C11H14BrN/c1-7(2)10-5-9(12)6-11(13-10)8-3-4-8/h5-8H,3-4H2,1-2H3. The summed E-state index contributed by atoms with van der Waals surface area (Å²) < 4.78 is 1.17. The van der Waals surface area contributed by atoms with E-state index in [0.717, 1.165) is 5.92 Å². The van der Waals surface area contributed by atoms with Crippen molar-refractivity contribution in [2.45, 2.75) is 38.5 Å². The van der Waals surface area contributed by atoms with E-state index < -0.39 is 0 Å². The predicted octanol–water partition coefficient (Wildman–Crippen LogP) is 3.84. The van der Waals surface area contributed by atoms with Crippen LogP contribution in [-0.2, 0) is 0 Å². The van der Waals surface area contributed by atoms with Gasteiger partial charge in [-0.1, -0.05) is 29.8 Å². The first-order valence-electron chi connectivity index (χ1n) is 4.84. The Kier molecular flexibility index (Phi) is 2.41. The van der Waals surface area contributed by atoms with Crippen molar-refractivity contribution in [3.05, 3.63) is 28.0 Å². The van der Waals surface area contributed by atoms with Gasteiger partial charge < -0.3 is 0 Å². The molecular weight excluding hydrogens is 226 g/mol. The molecule has 0 bridgehead atoms. The molecule has 0 saturated heterocycles. The lowest BCUT2D eigenvalue weighted by Gasteiger charge is -2.07. The Morgan fingerprint density at radius 3 is 2.62 bits per heavy atom. The summed E-state index contributed by atoms with van der Waals surface area (Å²) in [6.45, 7) is 4.37. The van der Waals surface area contributed by atoms with Crippen molar-refractivity contribution in [3.63, 3.8) is 0 Å². The molecule has 1 nitrogen and oxygen atoms in total. The molecule has 1 aliphatic carbocycles. The Balaban J connectivity index is 2.36. The van der Waals surface area contributed by atoms with Gasteiger partial charge >= 0.3 is 0 Å². The first kappa shape index (κ1) is 9.20. The summed E-state index contributed by atoms with van der Waals surface area (Å²) in [6, 6.07) is 4.28. The van der Waals surface area contributed by atoms with E-state index in [0.29, 0.717) is 5.92 Å². The minimum Gasteiger partial charge on any atom is -0.257 e. The van der Waals surface area contributed by atoms with E-state index in [4.69, 9.17) is 0 Å². The molecular formula is C11H14BrN. The van der Waals surface area contributed by atoms with Gasteiger partial charge in [0.25, 0.3) is 0 Å². The van der Waals surface area contributed by atoms with Crippen LogP contribution in [0, 0.1) is 0 Å². The number of rotatable bonds is 2.